The number of anilines is 1. The van der Waals surface area contributed by atoms with E-state index in [2.05, 4.69) is 15.3 Å². The lowest BCUT2D eigenvalue weighted by Crippen LogP contribution is -2.44. The number of carbonyl (C=O) groups excluding carboxylic acids is 1. The van der Waals surface area contributed by atoms with Gasteiger partial charge in [-0.05, 0) is 6.92 Å². The number of nitrogens with zero attached hydrogens (tertiary/aromatic N) is 3. The molecule has 0 radical (unpaired) electrons. The first-order valence-electron chi connectivity index (χ1n) is 7.55. The molecule has 10 heteroatoms. The van der Waals surface area contributed by atoms with Crippen LogP contribution in [0.25, 0.3) is 16.1 Å². The van der Waals surface area contributed by atoms with Crippen LogP contribution in [0.5, 0.6) is 0 Å². The summed E-state index contributed by atoms with van der Waals surface area (Å²) in [6, 6.07) is 0. The maximum Gasteiger partial charge on any atom is 0.251 e. The van der Waals surface area contributed by atoms with Crippen molar-refractivity contribution < 1.29 is 24.9 Å². The molecule has 0 aromatic carbocycles. The van der Waals surface area contributed by atoms with Gasteiger partial charge in [0.25, 0.3) is 5.91 Å². The Morgan fingerprint density at radius 3 is 2.92 bits per heavy atom. The van der Waals surface area contributed by atoms with Crippen LogP contribution in [0.4, 0.5) is 5.82 Å². The van der Waals surface area contributed by atoms with Gasteiger partial charge in [-0.3, -0.25) is 4.79 Å². The molecule has 0 aliphatic carbocycles. The minimum absolute atomic E-state index is 0.187. The first kappa shape index (κ1) is 16.4. The maximum atomic E-state index is 11.8. The second-order valence-electron chi connectivity index (χ2n) is 6.23. The van der Waals surface area contributed by atoms with Crippen molar-refractivity contribution in [2.24, 2.45) is 0 Å². The van der Waals surface area contributed by atoms with Crippen molar-refractivity contribution in [3.05, 3.63) is 24.2 Å². The third kappa shape index (κ3) is 2.28. The molecule has 25 heavy (non-hydrogen) atoms. The Morgan fingerprint density at radius 1 is 1.48 bits per heavy atom. The number of aliphatic hydroxyl groups is 3. The first-order valence-corrected chi connectivity index (χ1v) is 7.93. The van der Waals surface area contributed by atoms with Gasteiger partial charge in [0, 0.05) is 17.8 Å². The summed E-state index contributed by atoms with van der Waals surface area (Å²) in [5.74, 6) is -0.125. The third-order valence-electron chi connectivity index (χ3n) is 4.55. The first-order chi connectivity index (χ1) is 11.8. The molecule has 1 fully saturated rings. The molecular weight excluding hydrogens is 352 g/mol. The number of aromatic nitrogens is 3. The summed E-state index contributed by atoms with van der Waals surface area (Å²) in [5.41, 5.74) is -0.817. The molecule has 0 saturated carbocycles. The van der Waals surface area contributed by atoms with E-state index in [-0.39, 0.29) is 10.9 Å². The van der Waals surface area contributed by atoms with Crippen molar-refractivity contribution in [2.75, 3.05) is 11.9 Å². The van der Waals surface area contributed by atoms with Crippen molar-refractivity contribution in [2.45, 2.75) is 31.0 Å². The fourth-order valence-electron chi connectivity index (χ4n) is 3.28. The molecule has 132 valence electrons. The van der Waals surface area contributed by atoms with E-state index < -0.39 is 36.6 Å². The summed E-state index contributed by atoms with van der Waals surface area (Å²) in [6.45, 7) is 0.966. The van der Waals surface area contributed by atoms with Crippen LogP contribution in [0.1, 0.15) is 18.7 Å². The molecule has 4 atom stereocenters. The molecule has 2 aliphatic rings. The summed E-state index contributed by atoms with van der Waals surface area (Å²) in [4.78, 5) is 20.1. The van der Waals surface area contributed by atoms with Crippen LogP contribution in [0.3, 0.4) is 0 Å². The summed E-state index contributed by atoms with van der Waals surface area (Å²) in [5, 5.41) is 33.6. The molecule has 0 spiro atoms. The van der Waals surface area contributed by atoms with E-state index in [1.807, 2.05) is 0 Å². The van der Waals surface area contributed by atoms with Crippen molar-refractivity contribution in [1.29, 1.82) is 0 Å². The minimum Gasteiger partial charge on any atom is -0.394 e. The summed E-state index contributed by atoms with van der Waals surface area (Å²) >= 11 is 6.23. The number of halogens is 1. The lowest BCUT2D eigenvalue weighted by Gasteiger charge is -2.27. The van der Waals surface area contributed by atoms with Gasteiger partial charge in [0.05, 0.1) is 17.0 Å². The molecule has 1 unspecified atom stereocenters. The molecule has 1 amide bonds. The summed E-state index contributed by atoms with van der Waals surface area (Å²) < 4.78 is 7.16. The molecule has 4 rings (SSSR count). The number of amides is 1. The van der Waals surface area contributed by atoms with E-state index in [1.165, 1.54) is 23.9 Å². The molecule has 1 saturated heterocycles. The average Bonchev–Trinajstić information content (AvgIpc) is 3.00. The number of hydrogen-bond acceptors (Lipinski definition) is 7. The van der Waals surface area contributed by atoms with Crippen molar-refractivity contribution in [1.82, 2.24) is 14.5 Å². The van der Waals surface area contributed by atoms with Crippen LogP contribution in [-0.2, 0) is 9.53 Å². The van der Waals surface area contributed by atoms with E-state index in [0.717, 1.165) is 0 Å². The number of nitrogens with one attached hydrogen (secondary N) is 1. The number of ether oxygens (including phenoxy) is 1. The van der Waals surface area contributed by atoms with Gasteiger partial charge in [-0.2, -0.15) is 0 Å². The van der Waals surface area contributed by atoms with Gasteiger partial charge < -0.3 is 29.9 Å². The number of carbonyl (C=O) groups is 1. The van der Waals surface area contributed by atoms with Crippen LogP contribution in [-0.4, -0.2) is 60.2 Å². The largest absolute Gasteiger partial charge is 0.394 e. The number of aliphatic hydroxyl groups excluding tert-OH is 2. The molecule has 4 N–H and O–H groups in total. The second kappa shape index (κ2) is 5.48. The predicted molar refractivity (Wildman–Crippen MR) is 87.6 cm³/mol. The summed E-state index contributed by atoms with van der Waals surface area (Å²) in [6.07, 6.45) is 0.818. The van der Waals surface area contributed by atoms with Gasteiger partial charge in [0.1, 0.15) is 35.6 Å². The third-order valence-corrected chi connectivity index (χ3v) is 4.87. The van der Waals surface area contributed by atoms with E-state index in [4.69, 9.17) is 16.3 Å². The van der Waals surface area contributed by atoms with E-state index in [9.17, 15) is 20.1 Å². The number of rotatable bonds is 2. The topological polar surface area (TPSA) is 130 Å². The predicted octanol–water partition coefficient (Wildman–Crippen LogP) is -0.0353. The Balaban J connectivity index is 1.94. The minimum atomic E-state index is -1.68. The lowest BCUT2D eigenvalue weighted by molar-refractivity contribution is -0.111. The molecule has 4 heterocycles. The standard InChI is InChI=1S/C15H15ClN4O5/c1-15(24)11(23)8(4-21)25-14(15)20-3-6-7(16)2-9(22)19-12-10(6)13(20)18-5-17-12/h2-3,5,8,11,14,21,23-24H,4H2,1H3,(H,17,18,19,22)/t8-,11-,14-,15?/m1/s1. The SMILES string of the molecule is CC1(O)[C@H](O)[C@@H](CO)O[C@H]1n1cc2c3c(ncnc31)NC(=O)C=C2Cl. The van der Waals surface area contributed by atoms with Crippen molar-refractivity contribution >= 4 is 39.4 Å². The van der Waals surface area contributed by atoms with Gasteiger partial charge in [0.15, 0.2) is 6.23 Å². The Hall–Kier alpha value is -2.04. The normalized spacial score (nSPS) is 31.8. The van der Waals surface area contributed by atoms with Crippen molar-refractivity contribution in [3.8, 4) is 0 Å². The van der Waals surface area contributed by atoms with Crippen LogP contribution >= 0.6 is 11.6 Å². The molecule has 2 aromatic heterocycles. The van der Waals surface area contributed by atoms with E-state index >= 15 is 0 Å². The van der Waals surface area contributed by atoms with Gasteiger partial charge in [0.2, 0.25) is 0 Å². The smallest absolute Gasteiger partial charge is 0.251 e. The Morgan fingerprint density at radius 2 is 2.24 bits per heavy atom. The van der Waals surface area contributed by atoms with Crippen molar-refractivity contribution in [3.63, 3.8) is 0 Å². The van der Waals surface area contributed by atoms with Crippen LogP contribution < -0.4 is 5.32 Å². The molecular formula is C15H15ClN4O5. The Bertz CT molecular complexity index is 909. The molecule has 9 nitrogen and oxygen atoms in total. The fraction of sp³-hybridized carbons (Fsp3) is 0.400. The van der Waals surface area contributed by atoms with E-state index in [0.29, 0.717) is 16.6 Å². The quantitative estimate of drug-likeness (QED) is 0.587. The van der Waals surface area contributed by atoms with Gasteiger partial charge >= 0.3 is 0 Å². The molecule has 2 aromatic rings. The van der Waals surface area contributed by atoms with Gasteiger partial charge in [-0.1, -0.05) is 11.6 Å². The van der Waals surface area contributed by atoms with Crippen LogP contribution in [0, 0.1) is 0 Å². The second-order valence-corrected chi connectivity index (χ2v) is 6.64. The highest BCUT2D eigenvalue weighted by molar-refractivity contribution is 6.52. The average molecular weight is 367 g/mol. The van der Waals surface area contributed by atoms with Gasteiger partial charge in [-0.15, -0.1) is 0 Å². The zero-order valence-electron chi connectivity index (χ0n) is 13.0. The maximum absolute atomic E-state index is 11.8. The van der Waals surface area contributed by atoms with E-state index in [1.54, 1.807) is 6.20 Å². The Kier molecular flexibility index (Phi) is 3.60. The highest BCUT2D eigenvalue weighted by Crippen LogP contribution is 2.43. The molecule has 0 bridgehead atoms. The monoisotopic (exact) mass is 366 g/mol. The van der Waals surface area contributed by atoms with Gasteiger partial charge in [-0.25, -0.2) is 9.97 Å². The van der Waals surface area contributed by atoms with Crippen LogP contribution in [0.15, 0.2) is 18.6 Å². The fourth-order valence-corrected chi connectivity index (χ4v) is 3.52. The zero-order valence-corrected chi connectivity index (χ0v) is 13.8. The highest BCUT2D eigenvalue weighted by atomic mass is 35.5. The van der Waals surface area contributed by atoms with Crippen LogP contribution in [0.2, 0.25) is 0 Å². The molecule has 2 aliphatic heterocycles. The summed E-state index contributed by atoms with van der Waals surface area (Å²) in [7, 11) is 0. The lowest BCUT2D eigenvalue weighted by atomic mass is 9.96. The number of hydrogen-bond donors (Lipinski definition) is 4. The highest BCUT2D eigenvalue weighted by Gasteiger charge is 2.53. The Labute approximate surface area is 146 Å². The zero-order chi connectivity index (χ0) is 17.9.